The van der Waals surface area contributed by atoms with Gasteiger partial charge in [-0.2, -0.15) is 0 Å². The third kappa shape index (κ3) is 28.0. The summed E-state index contributed by atoms with van der Waals surface area (Å²) >= 11 is 5.34. The average Bonchev–Trinajstić information content (AvgIpc) is 2.68. The van der Waals surface area contributed by atoms with Crippen LogP contribution in [0.15, 0.2) is 0 Å². The van der Waals surface area contributed by atoms with E-state index in [1.807, 2.05) is 0 Å². The van der Waals surface area contributed by atoms with Crippen molar-refractivity contribution in [3.8, 4) is 0 Å². The van der Waals surface area contributed by atoms with Gasteiger partial charge in [-0.1, -0.05) is 149 Å². The zero-order chi connectivity index (χ0) is 21.4. The first-order valence-electron chi connectivity index (χ1n) is 13.3. The predicted molar refractivity (Wildman–Crippen MR) is 132 cm³/mol. The van der Waals surface area contributed by atoms with E-state index in [2.05, 4.69) is 13.8 Å². The highest BCUT2D eigenvalue weighted by atomic mass is 35.5. The Morgan fingerprint density at radius 3 is 0.966 bits per heavy atom. The third-order valence-corrected chi connectivity index (χ3v) is 6.34. The number of halogens is 1. The van der Waals surface area contributed by atoms with Gasteiger partial charge in [0.15, 0.2) is 0 Å². The largest absolute Gasteiger partial charge is 0.281 e. The van der Waals surface area contributed by atoms with Gasteiger partial charge in [0.25, 0.3) is 0 Å². The van der Waals surface area contributed by atoms with E-state index < -0.39 is 0 Å². The number of rotatable bonds is 24. The Hall–Kier alpha value is -0.0400. The second-order valence-corrected chi connectivity index (χ2v) is 10.1. The van der Waals surface area contributed by atoms with Crippen LogP contribution in [-0.4, -0.2) is 5.24 Å². The van der Waals surface area contributed by atoms with Crippen LogP contribution < -0.4 is 0 Å². The van der Waals surface area contributed by atoms with E-state index in [0.717, 1.165) is 18.8 Å². The van der Waals surface area contributed by atoms with Gasteiger partial charge in [0, 0.05) is 6.42 Å². The van der Waals surface area contributed by atoms with Crippen molar-refractivity contribution in [1.29, 1.82) is 0 Å². The Balaban J connectivity index is 3.01. The van der Waals surface area contributed by atoms with Crippen LogP contribution in [0.2, 0.25) is 0 Å². The van der Waals surface area contributed by atoms with E-state index in [-0.39, 0.29) is 5.24 Å². The molecule has 0 radical (unpaired) electrons. The molecule has 0 aliphatic rings. The Labute approximate surface area is 189 Å². The van der Waals surface area contributed by atoms with Crippen molar-refractivity contribution in [2.45, 2.75) is 162 Å². The van der Waals surface area contributed by atoms with Crippen molar-refractivity contribution < 1.29 is 4.79 Å². The van der Waals surface area contributed by atoms with Crippen LogP contribution in [0.5, 0.6) is 0 Å². The van der Waals surface area contributed by atoms with Gasteiger partial charge >= 0.3 is 0 Å². The molecule has 174 valence electrons. The highest BCUT2D eigenvalue weighted by Crippen LogP contribution is 2.16. The van der Waals surface area contributed by atoms with Crippen molar-refractivity contribution in [3.05, 3.63) is 0 Å². The van der Waals surface area contributed by atoms with Crippen molar-refractivity contribution in [3.63, 3.8) is 0 Å². The molecule has 0 fully saturated rings. The molecule has 0 aliphatic heterocycles. The Kier molecular flexibility index (Phi) is 24.2. The summed E-state index contributed by atoms with van der Waals surface area (Å²) in [5, 5.41) is -0.178. The minimum absolute atomic E-state index is 0.178. The van der Waals surface area contributed by atoms with Crippen molar-refractivity contribution in [2.75, 3.05) is 0 Å². The smallest absolute Gasteiger partial charge is 0.221 e. The number of unbranched alkanes of at least 4 members (excludes halogenated alkanes) is 20. The quantitative estimate of drug-likeness (QED) is 0.110. The zero-order valence-corrected chi connectivity index (χ0v) is 20.9. The molecule has 0 rings (SSSR count). The molecular weight excluding hydrogens is 376 g/mol. The first-order valence-corrected chi connectivity index (χ1v) is 13.7. The molecule has 29 heavy (non-hydrogen) atoms. The third-order valence-electron chi connectivity index (χ3n) is 6.15. The maximum atomic E-state index is 10.6. The van der Waals surface area contributed by atoms with Crippen molar-refractivity contribution in [2.24, 2.45) is 5.92 Å². The lowest BCUT2D eigenvalue weighted by Crippen LogP contribution is -1.87. The molecular formula is C27H53ClO. The molecule has 0 saturated heterocycles. The van der Waals surface area contributed by atoms with Gasteiger partial charge in [0.2, 0.25) is 5.24 Å². The van der Waals surface area contributed by atoms with E-state index >= 15 is 0 Å². The zero-order valence-electron chi connectivity index (χ0n) is 20.1. The summed E-state index contributed by atoms with van der Waals surface area (Å²) in [7, 11) is 0. The summed E-state index contributed by atoms with van der Waals surface area (Å²) in [5.41, 5.74) is 0. The molecule has 0 N–H and O–H groups in total. The van der Waals surface area contributed by atoms with Gasteiger partial charge < -0.3 is 0 Å². The summed E-state index contributed by atoms with van der Waals surface area (Å²) in [6.07, 6.45) is 31.3. The van der Waals surface area contributed by atoms with Gasteiger partial charge in [0.05, 0.1) is 0 Å². The van der Waals surface area contributed by atoms with E-state index in [1.54, 1.807) is 0 Å². The normalized spacial score (nSPS) is 11.4. The molecule has 0 unspecified atom stereocenters. The lowest BCUT2D eigenvalue weighted by molar-refractivity contribution is -0.111. The average molecular weight is 429 g/mol. The molecule has 0 aromatic heterocycles. The van der Waals surface area contributed by atoms with Crippen LogP contribution in [0.1, 0.15) is 162 Å². The second-order valence-electron chi connectivity index (χ2n) is 9.71. The van der Waals surface area contributed by atoms with Crippen LogP contribution in [0.4, 0.5) is 0 Å². The Bertz CT molecular complexity index is 326. The van der Waals surface area contributed by atoms with Crippen LogP contribution in [0.25, 0.3) is 0 Å². The van der Waals surface area contributed by atoms with Gasteiger partial charge in [-0.25, -0.2) is 0 Å². The predicted octanol–water partition coefficient (Wildman–Crippen LogP) is 10.4. The molecule has 0 aromatic carbocycles. The van der Waals surface area contributed by atoms with Crippen molar-refractivity contribution >= 4 is 16.8 Å². The minimum Gasteiger partial charge on any atom is -0.281 e. The fourth-order valence-electron chi connectivity index (χ4n) is 4.18. The lowest BCUT2D eigenvalue weighted by atomic mass is 10.0. The summed E-state index contributed by atoms with van der Waals surface area (Å²) in [5.74, 6) is 0.886. The van der Waals surface area contributed by atoms with Crippen LogP contribution in [-0.2, 0) is 4.79 Å². The fraction of sp³-hybridized carbons (Fsp3) is 0.963. The standard InChI is InChI=1S/C27H53ClO/c1-26(2)24-22-20-18-16-14-12-10-8-6-4-3-5-7-9-11-13-15-17-19-21-23-25-27(28)29/h26H,3-25H2,1-2H3. The highest BCUT2D eigenvalue weighted by molar-refractivity contribution is 6.63. The van der Waals surface area contributed by atoms with E-state index in [4.69, 9.17) is 11.6 Å². The van der Waals surface area contributed by atoms with E-state index in [1.165, 1.54) is 128 Å². The van der Waals surface area contributed by atoms with Crippen LogP contribution in [0, 0.1) is 5.92 Å². The van der Waals surface area contributed by atoms with E-state index in [0.29, 0.717) is 6.42 Å². The molecule has 0 saturated carbocycles. The topological polar surface area (TPSA) is 17.1 Å². The Morgan fingerprint density at radius 2 is 0.724 bits per heavy atom. The molecule has 2 heteroatoms. The number of carbonyl (C=O) groups is 1. The molecule has 0 atom stereocenters. The molecule has 0 heterocycles. The maximum absolute atomic E-state index is 10.6. The molecule has 0 aliphatic carbocycles. The number of hydrogen-bond acceptors (Lipinski definition) is 1. The van der Waals surface area contributed by atoms with Gasteiger partial charge in [0.1, 0.15) is 0 Å². The lowest BCUT2D eigenvalue weighted by Gasteiger charge is -2.05. The molecule has 0 aromatic rings. The second kappa shape index (κ2) is 24.2. The highest BCUT2D eigenvalue weighted by Gasteiger charge is 1.98. The number of carbonyl (C=O) groups excluding carboxylic acids is 1. The van der Waals surface area contributed by atoms with Gasteiger partial charge in [-0.15, -0.1) is 0 Å². The van der Waals surface area contributed by atoms with Gasteiger partial charge in [-0.3, -0.25) is 4.79 Å². The summed E-state index contributed by atoms with van der Waals surface area (Å²) in [4.78, 5) is 10.6. The monoisotopic (exact) mass is 428 g/mol. The first kappa shape index (κ1) is 29.0. The number of hydrogen-bond donors (Lipinski definition) is 0. The van der Waals surface area contributed by atoms with Crippen molar-refractivity contribution in [1.82, 2.24) is 0 Å². The summed E-state index contributed by atoms with van der Waals surface area (Å²) in [6.45, 7) is 4.67. The first-order chi connectivity index (χ1) is 14.1. The van der Waals surface area contributed by atoms with Crippen LogP contribution in [0.3, 0.4) is 0 Å². The molecule has 0 amide bonds. The maximum Gasteiger partial charge on any atom is 0.221 e. The summed E-state index contributed by atoms with van der Waals surface area (Å²) < 4.78 is 0. The molecule has 1 nitrogen and oxygen atoms in total. The molecule has 0 bridgehead atoms. The summed E-state index contributed by atoms with van der Waals surface area (Å²) in [6, 6.07) is 0. The molecule has 0 spiro atoms. The van der Waals surface area contributed by atoms with Crippen LogP contribution >= 0.6 is 11.6 Å². The minimum atomic E-state index is -0.178. The van der Waals surface area contributed by atoms with E-state index in [9.17, 15) is 4.79 Å². The van der Waals surface area contributed by atoms with Gasteiger partial charge in [-0.05, 0) is 23.9 Å². The Morgan fingerprint density at radius 1 is 0.483 bits per heavy atom. The fourth-order valence-corrected chi connectivity index (χ4v) is 4.31. The SMILES string of the molecule is CC(C)CCCCCCCCCCCCCCCCCCCCCCCC(=O)Cl.